The predicted molar refractivity (Wildman–Crippen MR) is 89.3 cm³/mol. The number of aromatic nitrogens is 1. The SMILES string of the molecule is C[Si](C)(C)/C=C/c1cnc2c(c1)C(=O)N1CCC[C@H]1C(=O)N2. The molecule has 6 heteroatoms. The molecule has 3 rings (SSSR count). The summed E-state index contributed by atoms with van der Waals surface area (Å²) in [7, 11) is -1.31. The average Bonchev–Trinajstić information content (AvgIpc) is 2.90. The number of fused-ring (bicyclic) bond motifs is 2. The van der Waals surface area contributed by atoms with E-state index in [1.54, 1.807) is 11.1 Å². The van der Waals surface area contributed by atoms with E-state index in [1.165, 1.54) is 0 Å². The van der Waals surface area contributed by atoms with Crippen LogP contribution in [0.1, 0.15) is 28.8 Å². The lowest BCUT2D eigenvalue weighted by molar-refractivity contribution is -0.119. The third-order valence-electron chi connectivity index (χ3n) is 3.97. The van der Waals surface area contributed by atoms with Gasteiger partial charge in [-0.15, -0.1) is 0 Å². The van der Waals surface area contributed by atoms with Gasteiger partial charge in [-0.25, -0.2) is 4.98 Å². The average molecular weight is 315 g/mol. The standard InChI is InChI=1S/C16H21N3O2Si/c1-22(2,3)8-6-11-9-12-14(17-10-11)18-15(20)13-5-4-7-19(13)16(12)21/h6,8-10,13H,4-5,7H2,1-3H3,(H,17,18,20)/b8-6+/t13-/m0/s1. The minimum Gasteiger partial charge on any atom is -0.326 e. The first-order valence-electron chi connectivity index (χ1n) is 7.66. The molecule has 2 aliphatic heterocycles. The first kappa shape index (κ1) is 15.0. The second-order valence-corrected chi connectivity index (χ2v) is 12.1. The Bertz CT molecular complexity index is 664. The maximum Gasteiger partial charge on any atom is 0.258 e. The van der Waals surface area contributed by atoms with Gasteiger partial charge in [0.05, 0.1) is 13.6 Å². The molecule has 1 saturated heterocycles. The lowest BCUT2D eigenvalue weighted by Gasteiger charge is -2.19. The number of hydrogen-bond acceptors (Lipinski definition) is 3. The summed E-state index contributed by atoms with van der Waals surface area (Å²) < 4.78 is 0. The van der Waals surface area contributed by atoms with Crippen molar-refractivity contribution in [3.8, 4) is 0 Å². The van der Waals surface area contributed by atoms with Crippen LogP contribution in [0.15, 0.2) is 18.0 Å². The zero-order chi connectivity index (χ0) is 15.9. The van der Waals surface area contributed by atoms with Crippen LogP contribution >= 0.6 is 0 Å². The van der Waals surface area contributed by atoms with Crippen LogP contribution in [0.3, 0.4) is 0 Å². The van der Waals surface area contributed by atoms with Gasteiger partial charge in [0, 0.05) is 12.7 Å². The summed E-state index contributed by atoms with van der Waals surface area (Å²) in [6, 6.07) is 1.49. The molecule has 1 N–H and O–H groups in total. The molecule has 5 nitrogen and oxygen atoms in total. The van der Waals surface area contributed by atoms with Crippen LogP contribution in [0, 0.1) is 0 Å². The predicted octanol–water partition coefficient (Wildman–Crippen LogP) is 2.53. The molecule has 0 aliphatic carbocycles. The van der Waals surface area contributed by atoms with Crippen LogP contribution in [-0.2, 0) is 4.79 Å². The van der Waals surface area contributed by atoms with E-state index in [1.807, 2.05) is 12.1 Å². The quantitative estimate of drug-likeness (QED) is 0.853. The summed E-state index contributed by atoms with van der Waals surface area (Å²) in [4.78, 5) is 30.9. The van der Waals surface area contributed by atoms with Crippen molar-refractivity contribution in [3.05, 3.63) is 29.1 Å². The third-order valence-corrected chi connectivity index (χ3v) is 5.14. The molecule has 116 valence electrons. The van der Waals surface area contributed by atoms with Gasteiger partial charge in [0.25, 0.3) is 5.91 Å². The summed E-state index contributed by atoms with van der Waals surface area (Å²) in [5.74, 6) is 0.170. The van der Waals surface area contributed by atoms with Crippen molar-refractivity contribution in [2.75, 3.05) is 11.9 Å². The van der Waals surface area contributed by atoms with Gasteiger partial charge in [-0.2, -0.15) is 0 Å². The molecule has 1 atom stereocenters. The summed E-state index contributed by atoms with van der Waals surface area (Å²) in [6.07, 6.45) is 5.34. The molecule has 0 radical (unpaired) electrons. The highest BCUT2D eigenvalue weighted by Gasteiger charge is 2.38. The van der Waals surface area contributed by atoms with E-state index in [9.17, 15) is 9.59 Å². The fraction of sp³-hybridized carbons (Fsp3) is 0.438. The molecule has 0 bridgehead atoms. The molecule has 2 amide bonds. The van der Waals surface area contributed by atoms with Crippen molar-refractivity contribution < 1.29 is 9.59 Å². The van der Waals surface area contributed by atoms with Gasteiger partial charge in [0.15, 0.2) is 0 Å². The Balaban J connectivity index is 1.98. The Hall–Kier alpha value is -1.95. The van der Waals surface area contributed by atoms with Gasteiger partial charge >= 0.3 is 0 Å². The Labute approximate surface area is 131 Å². The van der Waals surface area contributed by atoms with E-state index in [2.05, 4.69) is 35.6 Å². The number of carbonyl (C=O) groups excluding carboxylic acids is 2. The molecule has 0 aromatic carbocycles. The molecule has 1 aromatic rings. The lowest BCUT2D eigenvalue weighted by Crippen LogP contribution is -2.40. The van der Waals surface area contributed by atoms with Crippen molar-refractivity contribution in [1.82, 2.24) is 9.88 Å². The monoisotopic (exact) mass is 315 g/mol. The van der Waals surface area contributed by atoms with Crippen LogP contribution in [0.4, 0.5) is 5.82 Å². The maximum absolute atomic E-state index is 12.7. The largest absolute Gasteiger partial charge is 0.326 e. The van der Waals surface area contributed by atoms with Crippen molar-refractivity contribution in [1.29, 1.82) is 0 Å². The Kier molecular flexibility index (Phi) is 3.64. The Morgan fingerprint density at radius 3 is 2.86 bits per heavy atom. The van der Waals surface area contributed by atoms with E-state index in [-0.39, 0.29) is 17.9 Å². The molecular formula is C16H21N3O2Si. The number of pyridine rings is 1. The number of anilines is 1. The molecular weight excluding hydrogens is 294 g/mol. The number of nitrogens with zero attached hydrogens (tertiary/aromatic N) is 2. The van der Waals surface area contributed by atoms with Crippen LogP contribution in [0.5, 0.6) is 0 Å². The van der Waals surface area contributed by atoms with Crippen molar-refractivity contribution in [3.63, 3.8) is 0 Å². The van der Waals surface area contributed by atoms with E-state index in [0.717, 1.165) is 18.4 Å². The van der Waals surface area contributed by atoms with E-state index in [0.29, 0.717) is 17.9 Å². The minimum absolute atomic E-state index is 0.0911. The first-order valence-corrected chi connectivity index (χ1v) is 11.2. The number of rotatable bonds is 2. The number of nitrogens with one attached hydrogen (secondary N) is 1. The van der Waals surface area contributed by atoms with Crippen molar-refractivity contribution >= 4 is 31.8 Å². The van der Waals surface area contributed by atoms with Crippen molar-refractivity contribution in [2.45, 2.75) is 38.5 Å². The minimum atomic E-state index is -1.31. The number of hydrogen-bond donors (Lipinski definition) is 1. The molecule has 22 heavy (non-hydrogen) atoms. The molecule has 0 spiro atoms. The van der Waals surface area contributed by atoms with E-state index in [4.69, 9.17) is 0 Å². The topological polar surface area (TPSA) is 62.3 Å². The summed E-state index contributed by atoms with van der Waals surface area (Å²) >= 11 is 0. The molecule has 1 aromatic heterocycles. The Morgan fingerprint density at radius 2 is 2.14 bits per heavy atom. The van der Waals surface area contributed by atoms with Crippen LogP contribution in [0.2, 0.25) is 19.6 Å². The second kappa shape index (κ2) is 5.35. The number of amides is 2. The first-order chi connectivity index (χ1) is 10.3. The summed E-state index contributed by atoms with van der Waals surface area (Å²) in [5, 5.41) is 2.80. The van der Waals surface area contributed by atoms with Gasteiger partial charge in [0.1, 0.15) is 11.9 Å². The third kappa shape index (κ3) is 2.83. The van der Waals surface area contributed by atoms with Crippen LogP contribution in [0.25, 0.3) is 6.08 Å². The van der Waals surface area contributed by atoms with Gasteiger partial charge in [-0.1, -0.05) is 31.4 Å². The maximum atomic E-state index is 12.7. The summed E-state index contributed by atoms with van der Waals surface area (Å²) in [6.45, 7) is 7.40. The normalized spacial score (nSPS) is 21.6. The molecule has 0 unspecified atom stereocenters. The highest BCUT2D eigenvalue weighted by molar-refractivity contribution is 6.81. The van der Waals surface area contributed by atoms with Crippen molar-refractivity contribution in [2.24, 2.45) is 0 Å². The molecule has 2 aliphatic rings. The fourth-order valence-electron chi connectivity index (χ4n) is 2.82. The van der Waals surface area contributed by atoms with Gasteiger partial charge < -0.3 is 10.2 Å². The molecule has 1 fully saturated rings. The fourth-order valence-corrected chi connectivity index (χ4v) is 3.51. The lowest BCUT2D eigenvalue weighted by atomic mass is 10.1. The van der Waals surface area contributed by atoms with Gasteiger partial charge in [-0.05, 0) is 24.5 Å². The molecule has 0 saturated carbocycles. The number of carbonyl (C=O) groups is 2. The smallest absolute Gasteiger partial charge is 0.258 e. The Morgan fingerprint density at radius 1 is 1.36 bits per heavy atom. The zero-order valence-electron chi connectivity index (χ0n) is 13.2. The van der Waals surface area contributed by atoms with Gasteiger partial charge in [-0.3, -0.25) is 9.59 Å². The summed E-state index contributed by atoms with van der Waals surface area (Å²) in [5.41, 5.74) is 3.62. The van der Waals surface area contributed by atoms with Crippen LogP contribution < -0.4 is 5.32 Å². The highest BCUT2D eigenvalue weighted by atomic mass is 28.3. The molecule has 3 heterocycles. The second-order valence-electron chi connectivity index (χ2n) is 7.01. The van der Waals surface area contributed by atoms with E-state index < -0.39 is 8.07 Å². The highest BCUT2D eigenvalue weighted by Crippen LogP contribution is 2.28. The van der Waals surface area contributed by atoms with E-state index >= 15 is 0 Å². The van der Waals surface area contributed by atoms with Gasteiger partial charge in [0.2, 0.25) is 5.91 Å². The zero-order valence-corrected chi connectivity index (χ0v) is 14.2. The van der Waals surface area contributed by atoms with Crippen LogP contribution in [-0.4, -0.2) is 42.4 Å².